The Morgan fingerprint density at radius 2 is 2.19 bits per heavy atom. The molecule has 0 saturated carbocycles. The number of aromatic nitrogens is 2. The first-order chi connectivity index (χ1) is 12.6. The molecule has 132 valence electrons. The second-order valence-electron chi connectivity index (χ2n) is 6.55. The van der Waals surface area contributed by atoms with Crippen LogP contribution in [0.2, 0.25) is 0 Å². The number of aryl methyl sites for hydroxylation is 2. The number of pyridine rings is 2. The number of hydrogen-bond donors (Lipinski definition) is 2. The van der Waals surface area contributed by atoms with Crippen LogP contribution in [0.3, 0.4) is 0 Å². The van der Waals surface area contributed by atoms with Crippen molar-refractivity contribution in [3.05, 3.63) is 69.6 Å². The summed E-state index contributed by atoms with van der Waals surface area (Å²) >= 11 is 0. The maximum atomic E-state index is 12.6. The Morgan fingerprint density at radius 3 is 2.96 bits per heavy atom. The van der Waals surface area contributed by atoms with Crippen LogP contribution in [0.1, 0.15) is 40.9 Å². The summed E-state index contributed by atoms with van der Waals surface area (Å²) in [6.07, 6.45) is 5.25. The van der Waals surface area contributed by atoms with E-state index in [4.69, 9.17) is 5.73 Å². The molecule has 1 aliphatic rings. The summed E-state index contributed by atoms with van der Waals surface area (Å²) in [5, 5.41) is 3.88. The minimum atomic E-state index is -0.720. The van der Waals surface area contributed by atoms with Crippen molar-refractivity contribution < 1.29 is 4.79 Å². The zero-order valence-electron chi connectivity index (χ0n) is 14.5. The largest absolute Gasteiger partial charge is 0.377 e. The third-order valence-electron chi connectivity index (χ3n) is 4.99. The van der Waals surface area contributed by atoms with Crippen molar-refractivity contribution in [2.24, 2.45) is 5.73 Å². The zero-order valence-corrected chi connectivity index (χ0v) is 14.5. The van der Waals surface area contributed by atoms with Crippen molar-refractivity contribution in [1.82, 2.24) is 9.55 Å². The van der Waals surface area contributed by atoms with Crippen molar-refractivity contribution in [3.63, 3.8) is 0 Å². The molecule has 3 N–H and O–H groups in total. The molecule has 2 heterocycles. The van der Waals surface area contributed by atoms with Crippen LogP contribution in [0, 0.1) is 0 Å². The Labute approximate surface area is 150 Å². The number of hydrogen-bond acceptors (Lipinski definition) is 4. The van der Waals surface area contributed by atoms with E-state index in [2.05, 4.69) is 28.5 Å². The van der Waals surface area contributed by atoms with E-state index in [1.165, 1.54) is 17.3 Å². The van der Waals surface area contributed by atoms with E-state index in [9.17, 15) is 9.59 Å². The minimum Gasteiger partial charge on any atom is -0.377 e. The molecule has 0 aliphatic heterocycles. The molecule has 1 unspecified atom stereocenters. The lowest BCUT2D eigenvalue weighted by Crippen LogP contribution is -2.24. The number of anilines is 1. The summed E-state index contributed by atoms with van der Waals surface area (Å²) in [5.41, 5.74) is 8.93. The van der Waals surface area contributed by atoms with Gasteiger partial charge in [-0.05, 0) is 37.0 Å². The molecule has 26 heavy (non-hydrogen) atoms. The SMILES string of the molecule is CCn1cc(C(N)=O)c(=O)c2cc(NC3CCc4ccccc43)cnc21. The van der Waals surface area contributed by atoms with Crippen molar-refractivity contribution >= 4 is 22.6 Å². The van der Waals surface area contributed by atoms with Gasteiger partial charge in [0.05, 0.1) is 23.3 Å². The molecule has 4 rings (SSSR count). The average molecular weight is 348 g/mol. The molecule has 0 radical (unpaired) electrons. The molecule has 6 heteroatoms. The standard InChI is InChI=1S/C20H20N4O2/c1-2-24-11-16(19(21)26)18(25)15-9-13(10-22-20(15)24)23-17-8-7-12-5-3-4-6-14(12)17/h3-6,9-11,17,23H,2,7-8H2,1H3,(H2,21,26). The quantitative estimate of drug-likeness (QED) is 0.758. The van der Waals surface area contributed by atoms with E-state index in [0.29, 0.717) is 17.6 Å². The lowest BCUT2D eigenvalue weighted by molar-refractivity contribution is 0.0999. The molecule has 0 bridgehead atoms. The predicted octanol–water partition coefficient (Wildman–Crippen LogP) is 2.61. The number of benzene rings is 1. The fraction of sp³-hybridized carbons (Fsp3) is 0.250. The fourth-order valence-corrected chi connectivity index (χ4v) is 3.68. The van der Waals surface area contributed by atoms with Crippen LogP contribution in [0.4, 0.5) is 5.69 Å². The van der Waals surface area contributed by atoms with Crippen LogP contribution in [0.25, 0.3) is 11.0 Å². The van der Waals surface area contributed by atoms with Gasteiger partial charge >= 0.3 is 0 Å². The fourth-order valence-electron chi connectivity index (χ4n) is 3.68. The number of nitrogens with two attached hydrogens (primary N) is 1. The highest BCUT2D eigenvalue weighted by atomic mass is 16.2. The molecular formula is C20H20N4O2. The maximum Gasteiger partial charge on any atom is 0.254 e. The van der Waals surface area contributed by atoms with E-state index in [1.807, 2.05) is 13.0 Å². The normalized spacial score (nSPS) is 15.8. The number of nitrogens with one attached hydrogen (secondary N) is 1. The molecular weight excluding hydrogens is 328 g/mol. The van der Waals surface area contributed by atoms with Crippen LogP contribution in [-0.4, -0.2) is 15.5 Å². The molecule has 3 aromatic rings. The van der Waals surface area contributed by atoms with E-state index in [-0.39, 0.29) is 17.0 Å². The van der Waals surface area contributed by atoms with Crippen LogP contribution in [0.5, 0.6) is 0 Å². The zero-order chi connectivity index (χ0) is 18.3. The number of carbonyl (C=O) groups excluding carboxylic acids is 1. The molecule has 6 nitrogen and oxygen atoms in total. The summed E-state index contributed by atoms with van der Waals surface area (Å²) in [7, 11) is 0. The van der Waals surface area contributed by atoms with Gasteiger partial charge in [-0.25, -0.2) is 4.98 Å². The van der Waals surface area contributed by atoms with Crippen molar-refractivity contribution in [2.75, 3.05) is 5.32 Å². The Bertz CT molecular complexity index is 1070. The maximum absolute atomic E-state index is 12.6. The Kier molecular flexibility index (Phi) is 3.95. The summed E-state index contributed by atoms with van der Waals surface area (Å²) in [6.45, 7) is 2.52. The number of primary amides is 1. The van der Waals surface area contributed by atoms with E-state index >= 15 is 0 Å². The molecule has 1 amide bonds. The Morgan fingerprint density at radius 1 is 1.38 bits per heavy atom. The van der Waals surface area contributed by atoms with Gasteiger partial charge < -0.3 is 15.6 Å². The molecule has 1 atom stereocenters. The predicted molar refractivity (Wildman–Crippen MR) is 101 cm³/mol. The second kappa shape index (κ2) is 6.29. The highest BCUT2D eigenvalue weighted by molar-refractivity contribution is 5.96. The lowest BCUT2D eigenvalue weighted by Gasteiger charge is -2.16. The number of carbonyl (C=O) groups is 1. The van der Waals surface area contributed by atoms with Gasteiger partial charge in [0, 0.05) is 12.7 Å². The Hall–Kier alpha value is -3.15. The smallest absolute Gasteiger partial charge is 0.254 e. The summed E-state index contributed by atoms with van der Waals surface area (Å²) in [5.74, 6) is -0.720. The number of rotatable bonds is 4. The average Bonchev–Trinajstić information content (AvgIpc) is 3.05. The molecule has 0 saturated heterocycles. The Balaban J connectivity index is 1.77. The van der Waals surface area contributed by atoms with E-state index in [0.717, 1.165) is 18.5 Å². The summed E-state index contributed by atoms with van der Waals surface area (Å²) in [4.78, 5) is 28.7. The monoisotopic (exact) mass is 348 g/mol. The van der Waals surface area contributed by atoms with Crippen LogP contribution < -0.4 is 16.5 Å². The first-order valence-electron chi connectivity index (χ1n) is 8.76. The van der Waals surface area contributed by atoms with Gasteiger partial charge in [0.1, 0.15) is 11.2 Å². The van der Waals surface area contributed by atoms with E-state index in [1.54, 1.807) is 16.8 Å². The van der Waals surface area contributed by atoms with Crippen LogP contribution in [0.15, 0.2) is 47.5 Å². The summed E-state index contributed by atoms with van der Waals surface area (Å²) < 4.78 is 1.77. The minimum absolute atomic E-state index is 0.00971. The second-order valence-corrected chi connectivity index (χ2v) is 6.55. The van der Waals surface area contributed by atoms with Gasteiger partial charge in [-0.3, -0.25) is 9.59 Å². The van der Waals surface area contributed by atoms with Crippen LogP contribution >= 0.6 is 0 Å². The third-order valence-corrected chi connectivity index (χ3v) is 4.99. The highest BCUT2D eigenvalue weighted by Crippen LogP contribution is 2.33. The van der Waals surface area contributed by atoms with Crippen LogP contribution in [-0.2, 0) is 13.0 Å². The van der Waals surface area contributed by atoms with Crippen molar-refractivity contribution in [2.45, 2.75) is 32.4 Å². The summed E-state index contributed by atoms with van der Waals surface area (Å²) in [6, 6.07) is 10.3. The number of amides is 1. The lowest BCUT2D eigenvalue weighted by atomic mass is 10.1. The number of nitrogens with zero attached hydrogens (tertiary/aromatic N) is 2. The number of fused-ring (bicyclic) bond motifs is 2. The highest BCUT2D eigenvalue weighted by Gasteiger charge is 2.22. The first kappa shape index (κ1) is 16.3. The molecule has 2 aromatic heterocycles. The van der Waals surface area contributed by atoms with Gasteiger partial charge in [-0.15, -0.1) is 0 Å². The van der Waals surface area contributed by atoms with Crippen molar-refractivity contribution in [1.29, 1.82) is 0 Å². The topological polar surface area (TPSA) is 90.0 Å². The molecule has 0 fully saturated rings. The van der Waals surface area contributed by atoms with Crippen molar-refractivity contribution in [3.8, 4) is 0 Å². The molecule has 1 aromatic carbocycles. The first-order valence-corrected chi connectivity index (χ1v) is 8.76. The third kappa shape index (κ3) is 2.63. The molecule has 1 aliphatic carbocycles. The van der Waals surface area contributed by atoms with E-state index < -0.39 is 5.91 Å². The van der Waals surface area contributed by atoms with Gasteiger partial charge in [0.15, 0.2) is 0 Å². The van der Waals surface area contributed by atoms with Gasteiger partial charge in [-0.2, -0.15) is 0 Å². The van der Waals surface area contributed by atoms with Gasteiger partial charge in [0.2, 0.25) is 5.43 Å². The van der Waals surface area contributed by atoms with Gasteiger partial charge in [0.25, 0.3) is 5.91 Å². The molecule has 0 spiro atoms. The van der Waals surface area contributed by atoms with Gasteiger partial charge in [-0.1, -0.05) is 24.3 Å².